The number of carbonyl (C=O) groups excluding carboxylic acids is 2. The highest BCUT2D eigenvalue weighted by molar-refractivity contribution is 5.79. The number of esters is 1. The van der Waals surface area contributed by atoms with Gasteiger partial charge in [-0.2, -0.15) is 13.2 Å². The molecule has 0 saturated heterocycles. The summed E-state index contributed by atoms with van der Waals surface area (Å²) in [5.74, 6) is -0.853. The van der Waals surface area contributed by atoms with Crippen LogP contribution in [0.1, 0.15) is 47.2 Å². The molecular formula is C29H28F3NO4. The van der Waals surface area contributed by atoms with E-state index < -0.39 is 24.1 Å². The SMILES string of the molecule is COC(=O)Cc1cc(-c2ccccc2CN(C(C)=O)[C@H]2CCc3ccccc32)c(OC)cc1C(F)(F)F. The highest BCUT2D eigenvalue weighted by Crippen LogP contribution is 2.42. The van der Waals surface area contributed by atoms with Crippen molar-refractivity contribution in [3.63, 3.8) is 0 Å². The van der Waals surface area contributed by atoms with Crippen molar-refractivity contribution in [2.24, 2.45) is 0 Å². The van der Waals surface area contributed by atoms with E-state index in [1.807, 2.05) is 30.3 Å². The van der Waals surface area contributed by atoms with E-state index in [-0.39, 0.29) is 29.8 Å². The first-order valence-corrected chi connectivity index (χ1v) is 11.9. The van der Waals surface area contributed by atoms with Gasteiger partial charge >= 0.3 is 12.1 Å². The first-order chi connectivity index (χ1) is 17.6. The molecule has 1 amide bonds. The van der Waals surface area contributed by atoms with E-state index in [0.29, 0.717) is 11.1 Å². The molecule has 0 bridgehead atoms. The molecule has 5 nitrogen and oxygen atoms in total. The maximum absolute atomic E-state index is 13.8. The van der Waals surface area contributed by atoms with Gasteiger partial charge in [-0.1, -0.05) is 48.5 Å². The number of methoxy groups -OCH3 is 2. The molecule has 0 aliphatic heterocycles. The molecule has 0 spiro atoms. The standard InChI is InChI=1S/C29H28F3NO4/c1-18(34)33(26-13-12-19-8-4-7-11-23(19)26)17-20-9-5-6-10-22(20)24-14-21(15-28(35)37-3)25(29(30,31)32)16-27(24)36-2/h4-11,14,16,26H,12-13,15,17H2,1-3H3/t26-/m0/s1. The normalized spacial score (nSPS) is 14.7. The highest BCUT2D eigenvalue weighted by Gasteiger charge is 2.36. The molecule has 1 aliphatic rings. The molecule has 0 N–H and O–H groups in total. The van der Waals surface area contributed by atoms with Crippen LogP contribution in [0.15, 0.2) is 60.7 Å². The fourth-order valence-electron chi connectivity index (χ4n) is 5.05. The van der Waals surface area contributed by atoms with Crippen LogP contribution >= 0.6 is 0 Å². The molecule has 0 aromatic heterocycles. The Hall–Kier alpha value is -3.81. The van der Waals surface area contributed by atoms with Crippen LogP contribution in [-0.2, 0) is 39.9 Å². The largest absolute Gasteiger partial charge is 0.496 e. The number of alkyl halides is 3. The van der Waals surface area contributed by atoms with Crippen LogP contribution in [0.2, 0.25) is 0 Å². The molecule has 194 valence electrons. The van der Waals surface area contributed by atoms with E-state index in [1.165, 1.54) is 25.7 Å². The predicted octanol–water partition coefficient (Wildman–Crippen LogP) is 6.13. The van der Waals surface area contributed by atoms with Gasteiger partial charge in [-0.25, -0.2) is 0 Å². The Balaban J connectivity index is 1.80. The van der Waals surface area contributed by atoms with E-state index >= 15 is 0 Å². The average Bonchev–Trinajstić information content (AvgIpc) is 3.30. The summed E-state index contributed by atoms with van der Waals surface area (Å²) in [5, 5.41) is 0. The lowest BCUT2D eigenvalue weighted by Crippen LogP contribution is -2.31. The number of fused-ring (bicyclic) bond motifs is 1. The Labute approximate surface area is 213 Å². The average molecular weight is 512 g/mol. The Morgan fingerprint density at radius 2 is 1.68 bits per heavy atom. The summed E-state index contributed by atoms with van der Waals surface area (Å²) in [4.78, 5) is 26.5. The van der Waals surface area contributed by atoms with Crippen molar-refractivity contribution in [1.82, 2.24) is 4.90 Å². The molecule has 8 heteroatoms. The summed E-state index contributed by atoms with van der Waals surface area (Å²) in [6.45, 7) is 1.79. The monoisotopic (exact) mass is 511 g/mol. The van der Waals surface area contributed by atoms with Crippen LogP contribution in [0, 0.1) is 0 Å². The second-order valence-electron chi connectivity index (χ2n) is 9.02. The summed E-state index contributed by atoms with van der Waals surface area (Å²) >= 11 is 0. The van der Waals surface area contributed by atoms with Crippen molar-refractivity contribution in [2.45, 2.75) is 44.9 Å². The third-order valence-corrected chi connectivity index (χ3v) is 6.82. The number of amides is 1. The highest BCUT2D eigenvalue weighted by atomic mass is 19.4. The van der Waals surface area contributed by atoms with Crippen molar-refractivity contribution in [2.75, 3.05) is 14.2 Å². The number of halogens is 3. The van der Waals surface area contributed by atoms with Crippen LogP contribution in [-0.4, -0.2) is 31.0 Å². The Kier molecular flexibility index (Phi) is 7.57. The van der Waals surface area contributed by atoms with E-state index in [1.54, 1.807) is 17.0 Å². The quantitative estimate of drug-likeness (QED) is 0.358. The number of hydrogen-bond donors (Lipinski definition) is 0. The second-order valence-corrected chi connectivity index (χ2v) is 9.02. The summed E-state index contributed by atoms with van der Waals surface area (Å²) in [6.07, 6.45) is -3.55. The van der Waals surface area contributed by atoms with Gasteiger partial charge in [-0.05, 0) is 52.8 Å². The summed E-state index contributed by atoms with van der Waals surface area (Å²) in [6, 6.07) is 17.4. The van der Waals surface area contributed by atoms with E-state index in [0.717, 1.165) is 37.1 Å². The Morgan fingerprint density at radius 1 is 0.973 bits per heavy atom. The molecule has 3 aromatic carbocycles. The van der Waals surface area contributed by atoms with Crippen LogP contribution in [0.25, 0.3) is 11.1 Å². The lowest BCUT2D eigenvalue weighted by atomic mass is 9.92. The van der Waals surface area contributed by atoms with Crippen LogP contribution in [0.5, 0.6) is 5.75 Å². The summed E-state index contributed by atoms with van der Waals surface area (Å²) in [7, 11) is 2.44. The Bertz CT molecular complexity index is 1320. The number of aryl methyl sites for hydroxylation is 1. The molecule has 1 aliphatic carbocycles. The molecule has 0 unspecified atom stereocenters. The van der Waals surface area contributed by atoms with Gasteiger partial charge in [-0.3, -0.25) is 9.59 Å². The molecular weight excluding hydrogens is 483 g/mol. The van der Waals surface area contributed by atoms with Crippen molar-refractivity contribution < 1.29 is 32.2 Å². The predicted molar refractivity (Wildman–Crippen MR) is 133 cm³/mol. The minimum Gasteiger partial charge on any atom is -0.496 e. The number of ether oxygens (including phenoxy) is 2. The first kappa shape index (κ1) is 26.3. The van der Waals surface area contributed by atoms with Crippen LogP contribution in [0.4, 0.5) is 13.2 Å². The number of carbonyl (C=O) groups is 2. The maximum Gasteiger partial charge on any atom is 0.416 e. The fourth-order valence-corrected chi connectivity index (χ4v) is 5.05. The van der Waals surface area contributed by atoms with Gasteiger partial charge < -0.3 is 14.4 Å². The van der Waals surface area contributed by atoms with Crippen LogP contribution in [0.3, 0.4) is 0 Å². The van der Waals surface area contributed by atoms with E-state index in [9.17, 15) is 22.8 Å². The molecule has 0 radical (unpaired) electrons. The van der Waals surface area contributed by atoms with Crippen molar-refractivity contribution >= 4 is 11.9 Å². The molecule has 0 saturated carbocycles. The third kappa shape index (κ3) is 5.48. The zero-order valence-corrected chi connectivity index (χ0v) is 20.9. The van der Waals surface area contributed by atoms with Gasteiger partial charge in [0.05, 0.1) is 32.2 Å². The molecule has 0 heterocycles. The van der Waals surface area contributed by atoms with Gasteiger partial charge in [0.2, 0.25) is 5.91 Å². The number of hydrogen-bond acceptors (Lipinski definition) is 4. The number of benzene rings is 3. The minimum atomic E-state index is -4.68. The third-order valence-electron chi connectivity index (χ3n) is 6.82. The first-order valence-electron chi connectivity index (χ1n) is 11.9. The van der Waals surface area contributed by atoms with E-state index in [4.69, 9.17) is 4.74 Å². The summed E-state index contributed by atoms with van der Waals surface area (Å²) in [5.41, 5.74) is 2.94. The van der Waals surface area contributed by atoms with Crippen LogP contribution < -0.4 is 4.74 Å². The zero-order chi connectivity index (χ0) is 26.7. The minimum absolute atomic E-state index is 0.0222. The van der Waals surface area contributed by atoms with Crippen molar-refractivity contribution in [1.29, 1.82) is 0 Å². The van der Waals surface area contributed by atoms with Gasteiger partial charge in [-0.15, -0.1) is 0 Å². The molecule has 37 heavy (non-hydrogen) atoms. The smallest absolute Gasteiger partial charge is 0.416 e. The fraction of sp³-hybridized carbons (Fsp3) is 0.310. The van der Waals surface area contributed by atoms with Crippen molar-refractivity contribution in [3.8, 4) is 16.9 Å². The molecule has 3 aromatic rings. The lowest BCUT2D eigenvalue weighted by Gasteiger charge is -2.30. The topological polar surface area (TPSA) is 55.8 Å². The van der Waals surface area contributed by atoms with E-state index in [2.05, 4.69) is 10.8 Å². The van der Waals surface area contributed by atoms with Gasteiger partial charge in [0.25, 0.3) is 0 Å². The second kappa shape index (κ2) is 10.7. The molecule has 1 atom stereocenters. The Morgan fingerprint density at radius 3 is 2.35 bits per heavy atom. The number of nitrogens with zero attached hydrogens (tertiary/aromatic N) is 1. The zero-order valence-electron chi connectivity index (χ0n) is 20.9. The van der Waals surface area contributed by atoms with Gasteiger partial charge in [0, 0.05) is 19.0 Å². The number of rotatable bonds is 7. The van der Waals surface area contributed by atoms with Gasteiger partial charge in [0.15, 0.2) is 0 Å². The summed E-state index contributed by atoms with van der Waals surface area (Å²) < 4.78 is 51.5. The van der Waals surface area contributed by atoms with Crippen molar-refractivity contribution in [3.05, 3.63) is 88.5 Å². The van der Waals surface area contributed by atoms with Gasteiger partial charge in [0.1, 0.15) is 5.75 Å². The maximum atomic E-state index is 13.8. The molecule has 4 rings (SSSR count). The molecule has 0 fully saturated rings. The lowest BCUT2D eigenvalue weighted by molar-refractivity contribution is -0.141.